The van der Waals surface area contributed by atoms with Crippen molar-refractivity contribution < 1.29 is 4.74 Å². The van der Waals surface area contributed by atoms with E-state index in [2.05, 4.69) is 49.9 Å². The van der Waals surface area contributed by atoms with E-state index in [4.69, 9.17) is 9.84 Å². The lowest BCUT2D eigenvalue weighted by Crippen LogP contribution is -2.20. The summed E-state index contributed by atoms with van der Waals surface area (Å²) in [4.78, 5) is 4.59. The highest BCUT2D eigenvalue weighted by molar-refractivity contribution is 5.50. The minimum atomic E-state index is 0.0648. The molecule has 0 amide bonds. The largest absolute Gasteiger partial charge is 0.371 e. The van der Waals surface area contributed by atoms with Crippen LogP contribution in [-0.4, -0.2) is 32.5 Å². The fraction of sp³-hybridized carbons (Fsp3) is 0.400. The van der Waals surface area contributed by atoms with E-state index in [1.807, 2.05) is 12.4 Å². The number of ether oxygens (including phenoxy) is 1. The van der Waals surface area contributed by atoms with Crippen molar-refractivity contribution in [1.29, 1.82) is 0 Å². The Kier molecular flexibility index (Phi) is 4.07. The summed E-state index contributed by atoms with van der Waals surface area (Å²) in [6.07, 6.45) is 6.04. The van der Waals surface area contributed by atoms with Crippen molar-refractivity contribution in [3.05, 3.63) is 59.5 Å². The highest BCUT2D eigenvalue weighted by Crippen LogP contribution is 2.30. The maximum absolute atomic E-state index is 6.08. The van der Waals surface area contributed by atoms with Crippen molar-refractivity contribution in [3.8, 4) is 11.5 Å². The molecule has 26 heavy (non-hydrogen) atoms. The molecule has 1 aromatic carbocycles. The summed E-state index contributed by atoms with van der Waals surface area (Å²) in [5, 5.41) is 8.25. The average Bonchev–Trinajstić information content (AvgIpc) is 3.23. The third-order valence-corrected chi connectivity index (χ3v) is 5.29. The normalized spacial score (nSPS) is 19.6. The van der Waals surface area contributed by atoms with Crippen LogP contribution >= 0.6 is 0 Å². The molecule has 0 spiro atoms. The fourth-order valence-electron chi connectivity index (χ4n) is 3.97. The van der Waals surface area contributed by atoms with Crippen molar-refractivity contribution in [2.24, 2.45) is 0 Å². The maximum Gasteiger partial charge on any atom is 0.160 e. The van der Waals surface area contributed by atoms with Crippen LogP contribution in [0.15, 0.2) is 42.7 Å². The molecule has 0 bridgehead atoms. The summed E-state index contributed by atoms with van der Waals surface area (Å²) in [6.45, 7) is 4.41. The zero-order chi connectivity index (χ0) is 17.3. The number of hydrogen-bond donors (Lipinski definition) is 1. The second-order valence-corrected chi connectivity index (χ2v) is 6.99. The first kappa shape index (κ1) is 15.8. The predicted octanol–water partition coefficient (Wildman–Crippen LogP) is 2.55. The van der Waals surface area contributed by atoms with Gasteiger partial charge in [-0.1, -0.05) is 24.3 Å². The highest BCUT2D eigenvalue weighted by atomic mass is 16.5. The molecule has 0 aliphatic carbocycles. The third-order valence-electron chi connectivity index (χ3n) is 5.29. The van der Waals surface area contributed by atoms with E-state index in [-0.39, 0.29) is 6.10 Å². The first-order chi connectivity index (χ1) is 12.9. The van der Waals surface area contributed by atoms with Crippen molar-refractivity contribution >= 4 is 0 Å². The summed E-state index contributed by atoms with van der Waals surface area (Å²) in [5.74, 6) is 0.914. The molecule has 3 aromatic rings. The average molecular weight is 349 g/mol. The summed E-state index contributed by atoms with van der Waals surface area (Å²) in [5.41, 5.74) is 4.86. The summed E-state index contributed by atoms with van der Waals surface area (Å²) >= 11 is 0. The molecule has 0 fully saturated rings. The van der Waals surface area contributed by atoms with Crippen LogP contribution in [0.2, 0.25) is 0 Å². The molecule has 6 heteroatoms. The van der Waals surface area contributed by atoms with Crippen LogP contribution in [0.5, 0.6) is 0 Å². The Morgan fingerprint density at radius 3 is 3.23 bits per heavy atom. The summed E-state index contributed by atoms with van der Waals surface area (Å²) in [7, 11) is 0. The van der Waals surface area contributed by atoms with Crippen molar-refractivity contribution in [2.45, 2.75) is 38.6 Å². The zero-order valence-corrected chi connectivity index (χ0v) is 14.8. The van der Waals surface area contributed by atoms with Crippen molar-refractivity contribution in [1.82, 2.24) is 24.6 Å². The third kappa shape index (κ3) is 2.85. The molecule has 1 atom stereocenters. The molecule has 2 aliphatic rings. The van der Waals surface area contributed by atoms with E-state index in [1.165, 1.54) is 16.8 Å². The monoisotopic (exact) mass is 349 g/mol. The molecule has 0 saturated carbocycles. The zero-order valence-electron chi connectivity index (χ0n) is 14.8. The van der Waals surface area contributed by atoms with Crippen LogP contribution in [-0.2, 0) is 30.8 Å². The highest BCUT2D eigenvalue weighted by Gasteiger charge is 2.23. The number of fused-ring (bicyclic) bond motifs is 2. The lowest BCUT2D eigenvalue weighted by molar-refractivity contribution is 0.0309. The lowest BCUT2D eigenvalue weighted by Gasteiger charge is -2.26. The molecule has 2 aliphatic heterocycles. The van der Waals surface area contributed by atoms with Crippen LogP contribution in [0, 0.1) is 0 Å². The molecule has 1 unspecified atom stereocenters. The van der Waals surface area contributed by atoms with E-state index in [9.17, 15) is 0 Å². The Bertz CT molecular complexity index is 889. The Labute approximate surface area is 152 Å². The van der Waals surface area contributed by atoms with E-state index < -0.39 is 0 Å². The molecule has 1 N–H and O–H groups in total. The minimum absolute atomic E-state index is 0.0648. The molecular formula is C20H23N5O. The van der Waals surface area contributed by atoms with Gasteiger partial charge in [-0.15, -0.1) is 0 Å². The van der Waals surface area contributed by atoms with Gasteiger partial charge in [0.2, 0.25) is 0 Å². The number of nitrogens with one attached hydrogen (secondary N) is 1. The smallest absolute Gasteiger partial charge is 0.160 e. The minimum Gasteiger partial charge on any atom is -0.371 e. The van der Waals surface area contributed by atoms with E-state index >= 15 is 0 Å². The topological polar surface area (TPSA) is 56.9 Å². The number of rotatable bonds is 3. The van der Waals surface area contributed by atoms with E-state index in [0.29, 0.717) is 0 Å². The molecule has 134 valence electrons. The number of aromatic nitrogens is 4. The molecular weight excluding hydrogens is 326 g/mol. The van der Waals surface area contributed by atoms with Crippen LogP contribution in [0.25, 0.3) is 11.5 Å². The molecule has 2 aromatic heterocycles. The number of benzene rings is 1. The van der Waals surface area contributed by atoms with Gasteiger partial charge in [0.05, 0.1) is 18.8 Å². The van der Waals surface area contributed by atoms with Gasteiger partial charge in [0.25, 0.3) is 0 Å². The lowest BCUT2D eigenvalue weighted by atomic mass is 9.97. The molecule has 4 heterocycles. The Hall–Kier alpha value is -2.44. The SMILES string of the molecule is c1ccc2c(c1)CCOC2Cn1ccnc1-c1cc2n(n1)CCCNC2. The van der Waals surface area contributed by atoms with Crippen LogP contribution in [0.4, 0.5) is 0 Å². The molecule has 5 rings (SSSR count). The van der Waals surface area contributed by atoms with Gasteiger partial charge in [0, 0.05) is 25.5 Å². The van der Waals surface area contributed by atoms with Crippen LogP contribution in [0.1, 0.15) is 29.3 Å². The first-order valence-corrected chi connectivity index (χ1v) is 9.37. The van der Waals surface area contributed by atoms with Gasteiger partial charge >= 0.3 is 0 Å². The van der Waals surface area contributed by atoms with Crippen LogP contribution < -0.4 is 5.32 Å². The first-order valence-electron chi connectivity index (χ1n) is 9.37. The van der Waals surface area contributed by atoms with Crippen molar-refractivity contribution in [3.63, 3.8) is 0 Å². The number of imidazole rings is 1. The summed E-state index contributed by atoms with van der Waals surface area (Å²) < 4.78 is 10.4. The Morgan fingerprint density at radius 2 is 2.23 bits per heavy atom. The number of aryl methyl sites for hydroxylation is 1. The van der Waals surface area contributed by atoms with Gasteiger partial charge in [-0.3, -0.25) is 4.68 Å². The van der Waals surface area contributed by atoms with Gasteiger partial charge < -0.3 is 14.6 Å². The molecule has 0 radical (unpaired) electrons. The Balaban J connectivity index is 1.44. The van der Waals surface area contributed by atoms with Crippen LogP contribution in [0.3, 0.4) is 0 Å². The molecule has 6 nitrogen and oxygen atoms in total. The van der Waals surface area contributed by atoms with Crippen molar-refractivity contribution in [2.75, 3.05) is 13.2 Å². The van der Waals surface area contributed by atoms with Gasteiger partial charge in [0.15, 0.2) is 5.82 Å². The predicted molar refractivity (Wildman–Crippen MR) is 98.6 cm³/mol. The number of hydrogen-bond acceptors (Lipinski definition) is 4. The van der Waals surface area contributed by atoms with Gasteiger partial charge in [-0.05, 0) is 36.6 Å². The number of nitrogens with zero attached hydrogens (tertiary/aromatic N) is 4. The Morgan fingerprint density at radius 1 is 1.27 bits per heavy atom. The second-order valence-electron chi connectivity index (χ2n) is 6.99. The standard InChI is InChI=1S/C20H23N5O/c1-2-5-17-15(4-1)6-11-26-19(17)14-24-10-8-22-20(24)18-12-16-13-21-7-3-9-25(16)23-18/h1-2,4-5,8,10,12,19,21H,3,6-7,9,11,13-14H2. The quantitative estimate of drug-likeness (QED) is 0.790. The van der Waals surface area contributed by atoms with E-state index in [0.717, 1.165) is 57.1 Å². The maximum atomic E-state index is 6.08. The van der Waals surface area contributed by atoms with E-state index in [1.54, 1.807) is 0 Å². The van der Waals surface area contributed by atoms with Gasteiger partial charge in [-0.25, -0.2) is 4.98 Å². The second kappa shape index (κ2) is 6.70. The summed E-state index contributed by atoms with van der Waals surface area (Å²) in [6, 6.07) is 10.7. The van der Waals surface area contributed by atoms with Gasteiger partial charge in [-0.2, -0.15) is 5.10 Å². The molecule has 0 saturated heterocycles. The fourth-order valence-corrected chi connectivity index (χ4v) is 3.97. The van der Waals surface area contributed by atoms with Gasteiger partial charge in [0.1, 0.15) is 11.8 Å².